The molecule has 1 heterocycles. The Morgan fingerprint density at radius 3 is 2.71 bits per heavy atom. The summed E-state index contributed by atoms with van der Waals surface area (Å²) >= 11 is 7.51. The third kappa shape index (κ3) is 4.38. The predicted octanol–water partition coefficient (Wildman–Crippen LogP) is 4.56. The van der Waals surface area contributed by atoms with E-state index in [1.807, 2.05) is 47.4 Å². The van der Waals surface area contributed by atoms with Crippen molar-refractivity contribution in [3.63, 3.8) is 0 Å². The van der Waals surface area contributed by atoms with Crippen molar-refractivity contribution in [3.8, 4) is 0 Å². The molecule has 0 unspecified atom stereocenters. The number of nitrogens with zero attached hydrogens (tertiary/aromatic N) is 1. The summed E-state index contributed by atoms with van der Waals surface area (Å²) in [5, 5.41) is 0.734. The van der Waals surface area contributed by atoms with Crippen LogP contribution in [0.1, 0.15) is 17.5 Å². The molecule has 0 bridgehead atoms. The number of benzene rings is 2. The van der Waals surface area contributed by atoms with Gasteiger partial charge < -0.3 is 10.6 Å². The molecule has 2 N–H and O–H groups in total. The fourth-order valence-electron chi connectivity index (χ4n) is 2.83. The van der Waals surface area contributed by atoms with Gasteiger partial charge in [0, 0.05) is 28.7 Å². The highest BCUT2D eigenvalue weighted by Crippen LogP contribution is 2.31. The summed E-state index contributed by atoms with van der Waals surface area (Å²) in [6.07, 6.45) is 1.92. The van der Waals surface area contributed by atoms with Crippen LogP contribution in [0.5, 0.6) is 0 Å². The lowest BCUT2D eigenvalue weighted by Gasteiger charge is -2.30. The molecule has 0 saturated carbocycles. The smallest absolute Gasteiger partial charge is 0.236 e. The SMILES string of the molecule is Cl.Nc1cccc2c1CCCN2C(=O)CSCc1ccc(Cl)cc1. The van der Waals surface area contributed by atoms with E-state index in [9.17, 15) is 4.79 Å². The minimum Gasteiger partial charge on any atom is -0.398 e. The number of hydrogen-bond donors (Lipinski definition) is 1. The lowest BCUT2D eigenvalue weighted by Crippen LogP contribution is -2.37. The zero-order valence-electron chi connectivity index (χ0n) is 13.2. The Balaban J connectivity index is 0.00000208. The first-order valence-electron chi connectivity index (χ1n) is 7.65. The number of carbonyl (C=O) groups excluding carboxylic acids is 1. The van der Waals surface area contributed by atoms with Crippen LogP contribution in [-0.4, -0.2) is 18.2 Å². The van der Waals surface area contributed by atoms with E-state index in [4.69, 9.17) is 17.3 Å². The summed E-state index contributed by atoms with van der Waals surface area (Å²) in [5.41, 5.74) is 10.1. The average Bonchev–Trinajstić information content (AvgIpc) is 2.56. The van der Waals surface area contributed by atoms with Gasteiger partial charge in [-0.25, -0.2) is 0 Å². The van der Waals surface area contributed by atoms with Crippen molar-refractivity contribution in [2.45, 2.75) is 18.6 Å². The highest BCUT2D eigenvalue weighted by Gasteiger charge is 2.23. The van der Waals surface area contributed by atoms with E-state index in [0.29, 0.717) is 5.75 Å². The molecule has 0 fully saturated rings. The van der Waals surface area contributed by atoms with Gasteiger partial charge in [-0.05, 0) is 48.2 Å². The topological polar surface area (TPSA) is 46.3 Å². The van der Waals surface area contributed by atoms with Crippen LogP contribution in [0.3, 0.4) is 0 Å². The van der Waals surface area contributed by atoms with Gasteiger partial charge in [-0.1, -0.05) is 29.8 Å². The van der Waals surface area contributed by atoms with Gasteiger partial charge in [0.05, 0.1) is 5.75 Å². The van der Waals surface area contributed by atoms with Gasteiger partial charge in [-0.15, -0.1) is 24.2 Å². The van der Waals surface area contributed by atoms with Crippen molar-refractivity contribution in [1.82, 2.24) is 0 Å². The maximum atomic E-state index is 12.6. The molecular weight excluding hydrogens is 363 g/mol. The molecule has 24 heavy (non-hydrogen) atoms. The van der Waals surface area contributed by atoms with Crippen LogP contribution in [0, 0.1) is 0 Å². The van der Waals surface area contributed by atoms with E-state index in [0.717, 1.165) is 47.1 Å². The molecular formula is C18H20Cl2N2OS. The van der Waals surface area contributed by atoms with Crippen molar-refractivity contribution in [2.24, 2.45) is 0 Å². The standard InChI is InChI=1S/C18H19ClN2OS.ClH/c19-14-8-6-13(7-9-14)11-23-12-18(22)21-10-2-3-15-16(20)4-1-5-17(15)21;/h1,4-9H,2-3,10-12,20H2;1H. The zero-order valence-corrected chi connectivity index (χ0v) is 15.6. The zero-order chi connectivity index (χ0) is 16.2. The van der Waals surface area contributed by atoms with Crippen LogP contribution in [0.25, 0.3) is 0 Å². The monoisotopic (exact) mass is 382 g/mol. The molecule has 6 heteroatoms. The molecule has 0 spiro atoms. The van der Waals surface area contributed by atoms with Crippen LogP contribution in [0.15, 0.2) is 42.5 Å². The van der Waals surface area contributed by atoms with Crippen LogP contribution in [0.4, 0.5) is 11.4 Å². The Morgan fingerprint density at radius 2 is 1.96 bits per heavy atom. The summed E-state index contributed by atoms with van der Waals surface area (Å²) in [6, 6.07) is 13.6. The Morgan fingerprint density at radius 1 is 1.21 bits per heavy atom. The molecule has 0 radical (unpaired) electrons. The van der Waals surface area contributed by atoms with Crippen molar-refractivity contribution < 1.29 is 4.79 Å². The second-order valence-electron chi connectivity index (χ2n) is 5.61. The quantitative estimate of drug-likeness (QED) is 0.788. The van der Waals surface area contributed by atoms with Gasteiger partial charge in [0.25, 0.3) is 0 Å². The molecule has 1 aliphatic rings. The first-order valence-corrected chi connectivity index (χ1v) is 9.18. The largest absolute Gasteiger partial charge is 0.398 e. The summed E-state index contributed by atoms with van der Waals surface area (Å²) in [5.74, 6) is 1.42. The summed E-state index contributed by atoms with van der Waals surface area (Å²) in [6.45, 7) is 0.775. The molecule has 2 aromatic carbocycles. The van der Waals surface area contributed by atoms with Crippen molar-refractivity contribution in [1.29, 1.82) is 0 Å². The van der Waals surface area contributed by atoms with Gasteiger partial charge >= 0.3 is 0 Å². The first kappa shape index (κ1) is 19.0. The number of rotatable bonds is 4. The number of anilines is 2. The van der Waals surface area contributed by atoms with E-state index in [1.54, 1.807) is 11.8 Å². The van der Waals surface area contributed by atoms with E-state index in [1.165, 1.54) is 5.56 Å². The Hall–Kier alpha value is -1.36. The second-order valence-corrected chi connectivity index (χ2v) is 7.04. The average molecular weight is 383 g/mol. The lowest BCUT2D eigenvalue weighted by molar-refractivity contribution is -0.116. The number of halogens is 2. The number of thioether (sulfide) groups is 1. The maximum Gasteiger partial charge on any atom is 0.236 e. The normalized spacial score (nSPS) is 13.1. The third-order valence-electron chi connectivity index (χ3n) is 4.00. The molecule has 0 saturated heterocycles. The van der Waals surface area contributed by atoms with Gasteiger partial charge in [0.1, 0.15) is 0 Å². The number of amides is 1. The lowest BCUT2D eigenvalue weighted by atomic mass is 10.00. The fourth-order valence-corrected chi connectivity index (χ4v) is 3.81. The minimum atomic E-state index is 0. The third-order valence-corrected chi connectivity index (χ3v) is 5.24. The first-order chi connectivity index (χ1) is 11.1. The maximum absolute atomic E-state index is 12.6. The summed E-state index contributed by atoms with van der Waals surface area (Å²) in [7, 11) is 0. The highest BCUT2D eigenvalue weighted by molar-refractivity contribution is 7.99. The fraction of sp³-hybridized carbons (Fsp3) is 0.278. The van der Waals surface area contributed by atoms with Gasteiger partial charge in [-0.3, -0.25) is 4.79 Å². The Bertz CT molecular complexity index is 707. The Kier molecular flexibility index (Phi) is 6.84. The molecule has 2 aromatic rings. The van der Waals surface area contributed by atoms with Crippen molar-refractivity contribution in [3.05, 3.63) is 58.6 Å². The molecule has 0 aliphatic carbocycles. The van der Waals surface area contributed by atoms with Crippen LogP contribution < -0.4 is 10.6 Å². The van der Waals surface area contributed by atoms with Crippen LogP contribution in [-0.2, 0) is 17.0 Å². The molecule has 1 amide bonds. The van der Waals surface area contributed by atoms with Crippen molar-refractivity contribution >= 4 is 53.1 Å². The van der Waals surface area contributed by atoms with Crippen LogP contribution in [0.2, 0.25) is 5.02 Å². The molecule has 1 aliphatic heterocycles. The van der Waals surface area contributed by atoms with E-state index < -0.39 is 0 Å². The number of fused-ring (bicyclic) bond motifs is 1. The number of carbonyl (C=O) groups is 1. The van der Waals surface area contributed by atoms with Gasteiger partial charge in [0.15, 0.2) is 0 Å². The van der Waals surface area contributed by atoms with Gasteiger partial charge in [0.2, 0.25) is 5.91 Å². The molecule has 3 nitrogen and oxygen atoms in total. The number of hydrogen-bond acceptors (Lipinski definition) is 3. The summed E-state index contributed by atoms with van der Waals surface area (Å²) in [4.78, 5) is 14.4. The molecule has 3 rings (SSSR count). The number of nitrogen functional groups attached to an aromatic ring is 1. The van der Waals surface area contributed by atoms with E-state index in [2.05, 4.69) is 0 Å². The second kappa shape index (κ2) is 8.65. The van der Waals surface area contributed by atoms with E-state index >= 15 is 0 Å². The van der Waals surface area contributed by atoms with Crippen LogP contribution >= 0.6 is 35.8 Å². The highest BCUT2D eigenvalue weighted by atomic mass is 35.5. The Labute approximate surface area is 158 Å². The molecule has 0 atom stereocenters. The van der Waals surface area contributed by atoms with Gasteiger partial charge in [-0.2, -0.15) is 0 Å². The number of nitrogens with two attached hydrogens (primary N) is 1. The van der Waals surface area contributed by atoms with Crippen molar-refractivity contribution in [2.75, 3.05) is 22.9 Å². The summed E-state index contributed by atoms with van der Waals surface area (Å²) < 4.78 is 0. The minimum absolute atomic E-state index is 0. The predicted molar refractivity (Wildman–Crippen MR) is 106 cm³/mol. The molecule has 0 aromatic heterocycles. The molecule has 128 valence electrons. The van der Waals surface area contributed by atoms with E-state index in [-0.39, 0.29) is 18.3 Å².